The minimum Gasteiger partial charge on any atom is -0.609 e. The fourth-order valence-electron chi connectivity index (χ4n) is 4.45. The highest BCUT2D eigenvalue weighted by Crippen LogP contribution is 2.29. The molecule has 0 bridgehead atoms. The highest BCUT2D eigenvalue weighted by Gasteiger charge is 2.26. The van der Waals surface area contributed by atoms with Crippen molar-refractivity contribution in [1.29, 1.82) is 0 Å². The van der Waals surface area contributed by atoms with Gasteiger partial charge in [0.15, 0.2) is 0 Å². The Kier molecular flexibility index (Phi) is 6.32. The molecule has 35 heavy (non-hydrogen) atoms. The molecule has 0 fully saturated rings. The second kappa shape index (κ2) is 9.56. The molecule has 4 aromatic carbocycles. The lowest BCUT2D eigenvalue weighted by Crippen LogP contribution is -2.16. The van der Waals surface area contributed by atoms with E-state index in [4.69, 9.17) is 9.72 Å². The van der Waals surface area contributed by atoms with Crippen LogP contribution in [0.1, 0.15) is 32.6 Å². The smallest absolute Gasteiger partial charge is 0.338 e. The van der Waals surface area contributed by atoms with Gasteiger partial charge in [-0.15, -0.1) is 0 Å². The van der Waals surface area contributed by atoms with E-state index >= 15 is 0 Å². The summed E-state index contributed by atoms with van der Waals surface area (Å²) in [5.41, 5.74) is 6.29. The minimum atomic E-state index is -1.48. The molecule has 0 aliphatic carbocycles. The summed E-state index contributed by atoms with van der Waals surface area (Å²) in [6.07, 6.45) is 0. The van der Waals surface area contributed by atoms with Crippen molar-refractivity contribution < 1.29 is 14.1 Å². The van der Waals surface area contributed by atoms with Crippen molar-refractivity contribution in [2.45, 2.75) is 31.3 Å². The molecule has 5 aromatic rings. The number of imidazole rings is 1. The normalized spacial score (nSPS) is 12.2. The summed E-state index contributed by atoms with van der Waals surface area (Å²) in [5, 5.41) is 2.82. The number of aryl methyl sites for hydroxylation is 2. The maximum Gasteiger partial charge on any atom is 0.338 e. The summed E-state index contributed by atoms with van der Waals surface area (Å²) in [6.45, 7) is 4.68. The Morgan fingerprint density at radius 3 is 2.46 bits per heavy atom. The van der Waals surface area contributed by atoms with Crippen LogP contribution in [0.3, 0.4) is 0 Å². The third kappa shape index (κ3) is 4.43. The van der Waals surface area contributed by atoms with Gasteiger partial charge >= 0.3 is 11.1 Å². The zero-order valence-electron chi connectivity index (χ0n) is 19.9. The van der Waals surface area contributed by atoms with Gasteiger partial charge in [0, 0.05) is 16.7 Å². The Bertz CT molecular complexity index is 1550. The molecule has 1 unspecified atom stereocenters. The molecule has 0 aliphatic heterocycles. The molecule has 0 saturated carbocycles. The Hall–Kier alpha value is -3.61. The number of hydrogen-bond donors (Lipinski definition) is 0. The number of methoxy groups -OCH3 is 1. The summed E-state index contributed by atoms with van der Waals surface area (Å²) < 4.78 is 20.7. The van der Waals surface area contributed by atoms with E-state index in [1.807, 2.05) is 30.3 Å². The van der Waals surface area contributed by atoms with Crippen LogP contribution in [0.5, 0.6) is 0 Å². The van der Waals surface area contributed by atoms with E-state index < -0.39 is 17.1 Å². The van der Waals surface area contributed by atoms with Crippen molar-refractivity contribution in [3.8, 4) is 0 Å². The number of aromatic nitrogens is 2. The summed E-state index contributed by atoms with van der Waals surface area (Å²) in [5.74, 6) is -0.268. The van der Waals surface area contributed by atoms with E-state index in [9.17, 15) is 9.35 Å². The van der Waals surface area contributed by atoms with Gasteiger partial charge in [-0.25, -0.2) is 4.79 Å². The number of carbonyl (C=O) groups excluding carboxylic acids is 1. The van der Waals surface area contributed by atoms with Crippen LogP contribution in [-0.4, -0.2) is 27.2 Å². The van der Waals surface area contributed by atoms with E-state index in [2.05, 4.69) is 54.8 Å². The number of benzene rings is 4. The van der Waals surface area contributed by atoms with Crippen LogP contribution in [0.2, 0.25) is 0 Å². The van der Waals surface area contributed by atoms with Crippen LogP contribution in [-0.2, 0) is 28.2 Å². The standard InChI is InChI=1S/C29H26N2O3S/c1-19-15-26-27(16-20(19)2)31(17-22-12-8-11-21-9-4-6-13-24(21)22)29(30-26)35(33)18-23-10-5-7-14-25(23)28(32)34-3/h4-16H,17-18H2,1-3H3. The van der Waals surface area contributed by atoms with Crippen LogP contribution in [0, 0.1) is 13.8 Å². The van der Waals surface area contributed by atoms with Crippen LogP contribution in [0.4, 0.5) is 0 Å². The van der Waals surface area contributed by atoms with Crippen molar-refractivity contribution >= 4 is 39.0 Å². The van der Waals surface area contributed by atoms with Crippen LogP contribution in [0.15, 0.2) is 84.0 Å². The van der Waals surface area contributed by atoms with Crippen LogP contribution >= 0.6 is 0 Å². The van der Waals surface area contributed by atoms with Gasteiger partial charge in [0.2, 0.25) is 0 Å². The maximum absolute atomic E-state index is 13.8. The van der Waals surface area contributed by atoms with Crippen LogP contribution < -0.4 is 0 Å². The highest BCUT2D eigenvalue weighted by molar-refractivity contribution is 7.90. The number of ether oxygens (including phenoxy) is 1. The zero-order chi connectivity index (χ0) is 24.5. The molecule has 0 amide bonds. The molecule has 6 heteroatoms. The highest BCUT2D eigenvalue weighted by atomic mass is 32.2. The molecule has 1 atom stereocenters. The molecule has 5 rings (SSSR count). The first-order valence-electron chi connectivity index (χ1n) is 11.4. The topological polar surface area (TPSA) is 67.2 Å². The van der Waals surface area contributed by atoms with Gasteiger partial charge in [0.05, 0.1) is 30.3 Å². The van der Waals surface area contributed by atoms with Crippen LogP contribution in [0.25, 0.3) is 21.8 Å². The first-order chi connectivity index (χ1) is 17.0. The van der Waals surface area contributed by atoms with Gasteiger partial charge < -0.3 is 9.29 Å². The second-order valence-corrected chi connectivity index (χ2v) is 10.0. The number of esters is 1. The largest absolute Gasteiger partial charge is 0.609 e. The van der Waals surface area contributed by atoms with E-state index in [1.54, 1.807) is 12.1 Å². The summed E-state index contributed by atoms with van der Waals surface area (Å²) in [6, 6.07) is 25.8. The Morgan fingerprint density at radius 2 is 1.63 bits per heavy atom. The fraction of sp³-hybridized carbons (Fsp3) is 0.172. The van der Waals surface area contributed by atoms with E-state index in [0.29, 0.717) is 22.8 Å². The quantitative estimate of drug-likeness (QED) is 0.222. The lowest BCUT2D eigenvalue weighted by Gasteiger charge is -2.15. The summed E-state index contributed by atoms with van der Waals surface area (Å²) in [4.78, 5) is 17.1. The van der Waals surface area contributed by atoms with Crippen molar-refractivity contribution in [3.05, 3.63) is 107 Å². The lowest BCUT2D eigenvalue weighted by atomic mass is 10.0. The summed E-state index contributed by atoms with van der Waals surface area (Å²) in [7, 11) is 1.35. The molecule has 176 valence electrons. The maximum atomic E-state index is 13.8. The average Bonchev–Trinajstić information content (AvgIpc) is 3.21. The first-order valence-corrected chi connectivity index (χ1v) is 12.8. The molecule has 0 aliphatic rings. The molecule has 0 N–H and O–H groups in total. The molecule has 1 heterocycles. The Morgan fingerprint density at radius 1 is 0.943 bits per heavy atom. The number of carbonyl (C=O) groups is 1. The third-order valence-corrected chi connectivity index (χ3v) is 7.74. The predicted molar refractivity (Wildman–Crippen MR) is 140 cm³/mol. The zero-order valence-corrected chi connectivity index (χ0v) is 20.8. The molecule has 0 radical (unpaired) electrons. The van der Waals surface area contributed by atoms with Crippen molar-refractivity contribution in [1.82, 2.24) is 9.55 Å². The summed E-state index contributed by atoms with van der Waals surface area (Å²) >= 11 is -1.48. The van der Waals surface area contributed by atoms with Gasteiger partial charge in [-0.05, 0) is 59.5 Å². The van der Waals surface area contributed by atoms with E-state index in [0.717, 1.165) is 38.5 Å². The van der Waals surface area contributed by atoms with Crippen molar-refractivity contribution in [2.24, 2.45) is 0 Å². The van der Waals surface area contributed by atoms with Crippen molar-refractivity contribution in [3.63, 3.8) is 0 Å². The second-order valence-electron chi connectivity index (χ2n) is 8.68. The Labute approximate surface area is 207 Å². The van der Waals surface area contributed by atoms with Gasteiger partial charge in [-0.2, -0.15) is 4.98 Å². The number of nitrogens with zero attached hydrogens (tertiary/aromatic N) is 2. The van der Waals surface area contributed by atoms with E-state index in [1.165, 1.54) is 7.11 Å². The van der Waals surface area contributed by atoms with E-state index in [-0.39, 0.29) is 5.75 Å². The van der Waals surface area contributed by atoms with Gasteiger partial charge in [-0.1, -0.05) is 60.7 Å². The van der Waals surface area contributed by atoms with Gasteiger partial charge in [0.25, 0.3) is 0 Å². The fourth-order valence-corrected chi connectivity index (χ4v) is 5.72. The first kappa shape index (κ1) is 23.1. The number of hydrogen-bond acceptors (Lipinski definition) is 4. The molecule has 0 saturated heterocycles. The SMILES string of the molecule is COC(=O)c1ccccc1C[S+]([O-])c1nc2cc(C)c(C)cc2n1Cc1cccc2ccccc12. The van der Waals surface area contributed by atoms with Gasteiger partial charge in [-0.3, -0.25) is 4.57 Å². The molecule has 1 aromatic heterocycles. The number of fused-ring (bicyclic) bond motifs is 2. The minimum absolute atomic E-state index is 0.169. The average molecular weight is 483 g/mol. The van der Waals surface area contributed by atoms with Crippen molar-refractivity contribution in [2.75, 3.05) is 7.11 Å². The Balaban J connectivity index is 1.62. The molecule has 5 nitrogen and oxygen atoms in total. The molecular weight excluding hydrogens is 456 g/mol. The monoisotopic (exact) mass is 482 g/mol. The van der Waals surface area contributed by atoms with Gasteiger partial charge in [0.1, 0.15) is 5.75 Å². The molecular formula is C29H26N2O3S. The predicted octanol–water partition coefficient (Wildman–Crippen LogP) is 5.95. The third-order valence-electron chi connectivity index (χ3n) is 6.45. The lowest BCUT2D eigenvalue weighted by molar-refractivity contribution is 0.0600. The molecule has 0 spiro atoms. The number of rotatable bonds is 6.